The summed E-state index contributed by atoms with van der Waals surface area (Å²) < 4.78 is 5.51. The van der Waals surface area contributed by atoms with Crippen molar-refractivity contribution in [1.82, 2.24) is 9.88 Å². The minimum absolute atomic E-state index is 0.000896. The van der Waals surface area contributed by atoms with Crippen molar-refractivity contribution in [2.45, 2.75) is 19.3 Å². The fraction of sp³-hybridized carbons (Fsp3) is 0.320. The molecule has 5 rings (SSSR count). The number of aromatic nitrogens is 1. The number of fused-ring (bicyclic) bond motifs is 2. The van der Waals surface area contributed by atoms with E-state index in [0.717, 1.165) is 42.0 Å². The van der Waals surface area contributed by atoms with E-state index in [1.165, 1.54) is 5.57 Å². The van der Waals surface area contributed by atoms with Crippen LogP contribution in [0.3, 0.4) is 0 Å². The van der Waals surface area contributed by atoms with Gasteiger partial charge in [0.15, 0.2) is 0 Å². The molecule has 1 aromatic carbocycles. The van der Waals surface area contributed by atoms with E-state index >= 15 is 0 Å². The van der Waals surface area contributed by atoms with Crippen LogP contribution in [0, 0.1) is 11.8 Å². The molecular formula is C25H25N3O3. The molecule has 3 heterocycles. The predicted octanol–water partition coefficient (Wildman–Crippen LogP) is 3.55. The van der Waals surface area contributed by atoms with Gasteiger partial charge in [-0.1, -0.05) is 24.3 Å². The maximum Gasteiger partial charge on any atom is 0.246 e. The highest BCUT2D eigenvalue weighted by molar-refractivity contribution is 5.94. The summed E-state index contributed by atoms with van der Waals surface area (Å²) in [4.78, 5) is 30.5. The molecule has 158 valence electrons. The summed E-state index contributed by atoms with van der Waals surface area (Å²) in [6, 6.07) is 10.1. The summed E-state index contributed by atoms with van der Waals surface area (Å²) in [6.45, 7) is 1.53. The van der Waals surface area contributed by atoms with Crippen LogP contribution in [0.15, 0.2) is 48.7 Å². The lowest BCUT2D eigenvalue weighted by Gasteiger charge is -2.16. The lowest BCUT2D eigenvalue weighted by molar-refractivity contribution is -0.125. The van der Waals surface area contributed by atoms with Gasteiger partial charge in [-0.05, 0) is 59.6 Å². The number of benzene rings is 1. The lowest BCUT2D eigenvalue weighted by atomic mass is 9.98. The molecule has 1 aromatic heterocycles. The maximum atomic E-state index is 12.8. The van der Waals surface area contributed by atoms with Crippen LogP contribution in [-0.4, -0.2) is 41.9 Å². The van der Waals surface area contributed by atoms with Gasteiger partial charge in [-0.15, -0.1) is 0 Å². The average molecular weight is 415 g/mol. The smallest absolute Gasteiger partial charge is 0.246 e. The van der Waals surface area contributed by atoms with Gasteiger partial charge in [0.2, 0.25) is 11.8 Å². The molecule has 6 heteroatoms. The number of hydrogen-bond acceptors (Lipinski definition) is 4. The number of carbonyl (C=O) groups is 2. The van der Waals surface area contributed by atoms with Gasteiger partial charge in [0.25, 0.3) is 0 Å². The van der Waals surface area contributed by atoms with Gasteiger partial charge in [0, 0.05) is 37.3 Å². The molecule has 0 bridgehead atoms. The Labute approximate surface area is 181 Å². The summed E-state index contributed by atoms with van der Waals surface area (Å²) in [5.74, 6) is 2.43. The van der Waals surface area contributed by atoms with Gasteiger partial charge in [-0.25, -0.2) is 4.98 Å². The van der Waals surface area contributed by atoms with E-state index in [9.17, 15) is 9.59 Å². The highest BCUT2D eigenvalue weighted by atomic mass is 16.5. The van der Waals surface area contributed by atoms with Crippen LogP contribution in [0.5, 0.6) is 5.75 Å². The number of pyridine rings is 1. The van der Waals surface area contributed by atoms with Crippen molar-refractivity contribution in [2.75, 3.05) is 25.5 Å². The van der Waals surface area contributed by atoms with Crippen molar-refractivity contribution in [3.8, 4) is 5.75 Å². The quantitative estimate of drug-likeness (QED) is 0.776. The Bertz CT molecular complexity index is 1100. The van der Waals surface area contributed by atoms with Gasteiger partial charge < -0.3 is 15.0 Å². The molecule has 1 saturated heterocycles. The molecule has 1 aliphatic carbocycles. The number of anilines is 1. The van der Waals surface area contributed by atoms with Crippen LogP contribution in [0.4, 0.5) is 5.82 Å². The first-order valence-electron chi connectivity index (χ1n) is 10.7. The van der Waals surface area contributed by atoms with Crippen LogP contribution >= 0.6 is 0 Å². The number of para-hydroxylation sites is 1. The van der Waals surface area contributed by atoms with Crippen molar-refractivity contribution in [3.63, 3.8) is 0 Å². The predicted molar refractivity (Wildman–Crippen MR) is 119 cm³/mol. The van der Waals surface area contributed by atoms with E-state index in [4.69, 9.17) is 4.74 Å². The number of aryl methyl sites for hydroxylation is 1. The second kappa shape index (κ2) is 8.02. The molecule has 2 aromatic rings. The van der Waals surface area contributed by atoms with E-state index in [2.05, 4.69) is 22.4 Å². The number of carbonyl (C=O) groups excluding carboxylic acids is 2. The van der Waals surface area contributed by atoms with E-state index in [-0.39, 0.29) is 11.8 Å². The zero-order valence-corrected chi connectivity index (χ0v) is 17.5. The number of rotatable bonds is 4. The third-order valence-electron chi connectivity index (χ3n) is 6.44. The number of likely N-dealkylation sites (tertiary alicyclic amines) is 1. The third kappa shape index (κ3) is 3.85. The highest BCUT2D eigenvalue weighted by Crippen LogP contribution is 2.43. The van der Waals surface area contributed by atoms with Gasteiger partial charge >= 0.3 is 0 Å². The Hall–Kier alpha value is -3.41. The lowest BCUT2D eigenvalue weighted by Crippen LogP contribution is -2.27. The molecule has 0 radical (unpaired) electrons. The number of ether oxygens (including phenoxy) is 1. The Morgan fingerprint density at radius 1 is 1.26 bits per heavy atom. The van der Waals surface area contributed by atoms with Crippen LogP contribution in [-0.2, 0) is 16.0 Å². The SMILES string of the molecule is COc1ccccc1C1=CC2CN(C(=O)/C=C/c3cnc4c(c3)CCC(=O)N4)CC2C1. The number of methoxy groups -OCH3 is 1. The molecule has 1 N–H and O–H groups in total. The molecule has 2 aliphatic heterocycles. The Kier molecular flexibility index (Phi) is 5.06. The van der Waals surface area contributed by atoms with E-state index in [1.807, 2.05) is 35.2 Å². The molecule has 2 unspecified atom stereocenters. The Morgan fingerprint density at radius 2 is 2.13 bits per heavy atom. The van der Waals surface area contributed by atoms with Crippen molar-refractivity contribution in [3.05, 3.63) is 65.4 Å². The fourth-order valence-corrected chi connectivity index (χ4v) is 4.84. The zero-order chi connectivity index (χ0) is 21.4. The molecule has 0 spiro atoms. The van der Waals surface area contributed by atoms with E-state index < -0.39 is 0 Å². The van der Waals surface area contributed by atoms with Crippen molar-refractivity contribution < 1.29 is 14.3 Å². The number of allylic oxidation sites excluding steroid dienone is 1. The van der Waals surface area contributed by atoms with Gasteiger partial charge in [-0.2, -0.15) is 0 Å². The van der Waals surface area contributed by atoms with Crippen LogP contribution in [0.1, 0.15) is 29.5 Å². The number of hydrogen-bond donors (Lipinski definition) is 1. The Morgan fingerprint density at radius 3 is 2.97 bits per heavy atom. The first kappa shape index (κ1) is 19.5. The first-order valence-corrected chi connectivity index (χ1v) is 10.7. The average Bonchev–Trinajstić information content (AvgIpc) is 3.37. The van der Waals surface area contributed by atoms with Gasteiger partial charge in [0.05, 0.1) is 7.11 Å². The van der Waals surface area contributed by atoms with E-state index in [0.29, 0.717) is 30.5 Å². The standard InChI is InChI=1S/C25H25N3O3/c1-31-22-5-3-2-4-21(22)18-11-19-14-28(15-20(19)12-18)24(30)9-6-16-10-17-7-8-23(29)27-25(17)26-13-16/h2-6,9-11,13,19-20H,7-8,12,14-15H2,1H3,(H,26,27,29)/b9-6+. The van der Waals surface area contributed by atoms with Crippen molar-refractivity contribution in [1.29, 1.82) is 0 Å². The topological polar surface area (TPSA) is 71.5 Å². The second-order valence-corrected chi connectivity index (χ2v) is 8.42. The molecule has 0 saturated carbocycles. The van der Waals surface area contributed by atoms with Crippen molar-refractivity contribution in [2.24, 2.45) is 11.8 Å². The summed E-state index contributed by atoms with van der Waals surface area (Å²) in [7, 11) is 1.70. The summed E-state index contributed by atoms with van der Waals surface area (Å²) in [5, 5.41) is 2.78. The number of nitrogens with one attached hydrogen (secondary N) is 1. The number of amides is 2. The molecule has 1 fully saturated rings. The van der Waals surface area contributed by atoms with Gasteiger partial charge in [-0.3, -0.25) is 9.59 Å². The van der Waals surface area contributed by atoms with Crippen LogP contribution < -0.4 is 10.1 Å². The zero-order valence-electron chi connectivity index (χ0n) is 17.5. The summed E-state index contributed by atoms with van der Waals surface area (Å²) in [5.41, 5.74) is 4.37. The Balaban J connectivity index is 1.24. The monoisotopic (exact) mass is 415 g/mol. The first-order chi connectivity index (χ1) is 15.1. The molecular weight excluding hydrogens is 390 g/mol. The second-order valence-electron chi connectivity index (χ2n) is 8.42. The van der Waals surface area contributed by atoms with Crippen molar-refractivity contribution >= 4 is 29.3 Å². The summed E-state index contributed by atoms with van der Waals surface area (Å²) >= 11 is 0. The minimum Gasteiger partial charge on any atom is -0.496 e. The molecule has 31 heavy (non-hydrogen) atoms. The third-order valence-corrected chi connectivity index (χ3v) is 6.44. The molecule has 2 amide bonds. The largest absolute Gasteiger partial charge is 0.496 e. The van der Waals surface area contributed by atoms with Crippen LogP contribution in [0.2, 0.25) is 0 Å². The highest BCUT2D eigenvalue weighted by Gasteiger charge is 2.38. The van der Waals surface area contributed by atoms with E-state index in [1.54, 1.807) is 19.4 Å². The molecule has 6 nitrogen and oxygen atoms in total. The summed E-state index contributed by atoms with van der Waals surface area (Å²) in [6.07, 6.45) is 9.59. The normalized spacial score (nSPS) is 22.2. The maximum absolute atomic E-state index is 12.8. The fourth-order valence-electron chi connectivity index (χ4n) is 4.84. The number of nitrogens with zero attached hydrogens (tertiary/aromatic N) is 2. The van der Waals surface area contributed by atoms with Gasteiger partial charge in [0.1, 0.15) is 11.6 Å². The van der Waals surface area contributed by atoms with Crippen LogP contribution in [0.25, 0.3) is 11.6 Å². The minimum atomic E-state index is 0.000896. The molecule has 2 atom stereocenters. The molecule has 3 aliphatic rings.